The molecule has 3 nitrogen and oxygen atoms in total. The number of rotatable bonds is 4. The summed E-state index contributed by atoms with van der Waals surface area (Å²) in [6.45, 7) is 14.1. The molecule has 0 aliphatic heterocycles. The Kier molecular flexibility index (Phi) is 14.9. The van der Waals surface area contributed by atoms with E-state index in [1.54, 1.807) is 0 Å². The second-order valence-corrected chi connectivity index (χ2v) is 11.8. The van der Waals surface area contributed by atoms with Crippen LogP contribution in [0.1, 0.15) is 76.4 Å². The lowest BCUT2D eigenvalue weighted by molar-refractivity contribution is 0.615. The van der Waals surface area contributed by atoms with E-state index in [4.69, 9.17) is 5.73 Å². The van der Waals surface area contributed by atoms with Crippen LogP contribution in [-0.2, 0) is 11.0 Å². The van der Waals surface area contributed by atoms with Gasteiger partial charge in [0, 0.05) is 21.0 Å². The molecule has 172 valence electrons. The van der Waals surface area contributed by atoms with Gasteiger partial charge in [-0.15, -0.1) is 12.4 Å². The van der Waals surface area contributed by atoms with Gasteiger partial charge in [-0.3, -0.25) is 0 Å². The minimum atomic E-state index is -1.04. The standard InChI is InChI=1S/C13H20BrNOS.C9H12BrN.CH4.ClH/c1-9-8-11(14)6-7-12(9)10(2)15-17(16)13(3,4)5;1-6-5-8(10)3-4-9(6)7(2)11;;/h6-8,10,15H,1-5H3;3-5,7H,11H2,1-2H3;1H4;1H/t10-,17-;7-;;/m11../s1. The van der Waals surface area contributed by atoms with Crippen molar-refractivity contribution in [1.29, 1.82) is 0 Å². The molecule has 2 rings (SSSR count). The maximum Gasteiger partial charge on any atom is 0.0975 e. The Hall–Kier alpha value is -0.240. The van der Waals surface area contributed by atoms with E-state index in [0.29, 0.717) is 0 Å². The zero-order valence-corrected chi connectivity index (χ0v) is 23.0. The number of nitrogens with two attached hydrogens (primary N) is 1. The van der Waals surface area contributed by atoms with Gasteiger partial charge in [0.2, 0.25) is 0 Å². The van der Waals surface area contributed by atoms with Crippen LogP contribution >= 0.6 is 44.3 Å². The third kappa shape index (κ3) is 10.4. The van der Waals surface area contributed by atoms with Crippen LogP contribution in [0.2, 0.25) is 0 Å². The summed E-state index contributed by atoms with van der Waals surface area (Å²) in [7, 11) is -1.04. The third-order valence-electron chi connectivity index (χ3n) is 4.26. The normalized spacial score (nSPS) is 13.7. The van der Waals surface area contributed by atoms with Gasteiger partial charge in [0.15, 0.2) is 0 Å². The van der Waals surface area contributed by atoms with E-state index < -0.39 is 11.0 Å². The Bertz CT molecular complexity index is 823. The average molecular weight is 585 g/mol. The van der Waals surface area contributed by atoms with E-state index in [9.17, 15) is 4.21 Å². The molecule has 0 amide bonds. The molecule has 0 saturated heterocycles. The topological polar surface area (TPSA) is 55.1 Å². The minimum absolute atomic E-state index is 0. The van der Waals surface area contributed by atoms with E-state index in [-0.39, 0.29) is 36.7 Å². The lowest BCUT2D eigenvalue weighted by Gasteiger charge is -2.23. The molecule has 0 heterocycles. The van der Waals surface area contributed by atoms with E-state index >= 15 is 0 Å². The van der Waals surface area contributed by atoms with Gasteiger partial charge >= 0.3 is 0 Å². The highest BCUT2D eigenvalue weighted by Crippen LogP contribution is 2.23. The van der Waals surface area contributed by atoms with Crippen molar-refractivity contribution in [3.05, 3.63) is 67.6 Å². The van der Waals surface area contributed by atoms with Crippen LogP contribution in [0.15, 0.2) is 45.3 Å². The lowest BCUT2D eigenvalue weighted by atomic mass is 10.0. The molecule has 0 aliphatic carbocycles. The van der Waals surface area contributed by atoms with Crippen LogP contribution in [0, 0.1) is 13.8 Å². The molecule has 0 saturated carbocycles. The van der Waals surface area contributed by atoms with E-state index in [1.165, 1.54) is 22.3 Å². The molecule has 0 spiro atoms. The zero-order chi connectivity index (χ0) is 21.6. The fourth-order valence-electron chi connectivity index (χ4n) is 2.68. The Morgan fingerprint density at radius 1 is 0.933 bits per heavy atom. The molecule has 2 aromatic carbocycles. The van der Waals surface area contributed by atoms with Crippen LogP contribution in [0.25, 0.3) is 0 Å². The van der Waals surface area contributed by atoms with Crippen molar-refractivity contribution >= 4 is 55.3 Å². The summed E-state index contributed by atoms with van der Waals surface area (Å²) in [4.78, 5) is 0. The van der Waals surface area contributed by atoms with Gasteiger partial charge in [0.25, 0.3) is 0 Å². The summed E-state index contributed by atoms with van der Waals surface area (Å²) in [5, 5.41) is 0. The minimum Gasteiger partial charge on any atom is -0.324 e. The molecular weight excluding hydrogens is 548 g/mol. The Balaban J connectivity index is 0. The highest BCUT2D eigenvalue weighted by Gasteiger charge is 2.22. The summed E-state index contributed by atoms with van der Waals surface area (Å²) >= 11 is 6.85. The van der Waals surface area contributed by atoms with Crippen LogP contribution in [-0.4, -0.2) is 8.96 Å². The number of aryl methyl sites for hydroxylation is 2. The summed E-state index contributed by atoms with van der Waals surface area (Å²) in [5.41, 5.74) is 10.6. The maximum absolute atomic E-state index is 12.0. The van der Waals surface area contributed by atoms with Gasteiger partial charge in [-0.2, -0.15) is 0 Å². The highest BCUT2D eigenvalue weighted by molar-refractivity contribution is 9.10. The molecule has 7 heteroatoms. The molecule has 0 aliphatic rings. The van der Waals surface area contributed by atoms with Crippen LogP contribution in [0.5, 0.6) is 0 Å². The first-order valence-corrected chi connectivity index (χ1v) is 12.0. The summed E-state index contributed by atoms with van der Waals surface area (Å²) in [5.74, 6) is 0. The van der Waals surface area contributed by atoms with Gasteiger partial charge in [-0.05, 0) is 95.0 Å². The molecule has 0 fully saturated rings. The summed E-state index contributed by atoms with van der Waals surface area (Å²) in [6.07, 6.45) is 0. The predicted molar refractivity (Wildman–Crippen MR) is 144 cm³/mol. The molecule has 0 radical (unpaired) electrons. The van der Waals surface area contributed by atoms with Crippen molar-refractivity contribution < 1.29 is 4.21 Å². The monoisotopic (exact) mass is 582 g/mol. The van der Waals surface area contributed by atoms with Crippen LogP contribution in [0.3, 0.4) is 0 Å². The molecule has 30 heavy (non-hydrogen) atoms. The molecule has 0 unspecified atom stereocenters. The van der Waals surface area contributed by atoms with Crippen molar-refractivity contribution in [2.75, 3.05) is 0 Å². The van der Waals surface area contributed by atoms with Crippen LogP contribution in [0.4, 0.5) is 0 Å². The number of benzene rings is 2. The van der Waals surface area contributed by atoms with Gasteiger partial charge in [-0.25, -0.2) is 8.93 Å². The highest BCUT2D eigenvalue weighted by atomic mass is 79.9. The first kappa shape index (κ1) is 31.9. The largest absolute Gasteiger partial charge is 0.324 e. The predicted octanol–water partition coefficient (Wildman–Crippen LogP) is 7.71. The Morgan fingerprint density at radius 3 is 1.67 bits per heavy atom. The van der Waals surface area contributed by atoms with Gasteiger partial charge in [0.1, 0.15) is 0 Å². The number of nitrogens with one attached hydrogen (secondary N) is 1. The number of halogens is 3. The van der Waals surface area contributed by atoms with Gasteiger partial charge in [0.05, 0.1) is 15.7 Å². The Labute approximate surface area is 209 Å². The van der Waals surface area contributed by atoms with Crippen molar-refractivity contribution in [3.8, 4) is 0 Å². The average Bonchev–Trinajstić information content (AvgIpc) is 2.53. The number of hydrogen-bond donors (Lipinski definition) is 2. The lowest BCUT2D eigenvalue weighted by Crippen LogP contribution is -2.35. The first-order valence-electron chi connectivity index (χ1n) is 9.28. The van der Waals surface area contributed by atoms with E-state index in [1.807, 2.05) is 46.8 Å². The molecule has 0 bridgehead atoms. The fourth-order valence-corrected chi connectivity index (χ4v) is 4.43. The summed E-state index contributed by atoms with van der Waals surface area (Å²) in [6, 6.07) is 12.5. The smallest absolute Gasteiger partial charge is 0.0975 e. The molecule has 0 aromatic heterocycles. The fraction of sp³-hybridized carbons (Fsp3) is 0.478. The van der Waals surface area contributed by atoms with E-state index in [0.717, 1.165) is 8.95 Å². The molecule has 3 atom stereocenters. The van der Waals surface area contributed by atoms with Crippen molar-refractivity contribution in [1.82, 2.24) is 4.72 Å². The second-order valence-electron chi connectivity index (χ2n) is 8.01. The molecule has 3 N–H and O–H groups in total. The molecular formula is C23H37Br2ClN2OS. The van der Waals surface area contributed by atoms with Crippen molar-refractivity contribution in [2.24, 2.45) is 5.73 Å². The first-order chi connectivity index (χ1) is 12.8. The van der Waals surface area contributed by atoms with Crippen molar-refractivity contribution in [2.45, 2.75) is 72.7 Å². The zero-order valence-electron chi connectivity index (χ0n) is 18.2. The maximum atomic E-state index is 12.0. The quantitative estimate of drug-likeness (QED) is 0.387. The van der Waals surface area contributed by atoms with E-state index in [2.05, 4.69) is 74.7 Å². The van der Waals surface area contributed by atoms with Crippen molar-refractivity contribution in [3.63, 3.8) is 0 Å². The SMILES string of the molecule is C.Cc1cc(Br)ccc1[C@@H](C)N.Cc1cc(Br)ccc1[C@@H](C)N[S@](=O)C(C)(C)C.Cl. The number of hydrogen-bond acceptors (Lipinski definition) is 2. The summed E-state index contributed by atoms with van der Waals surface area (Å²) < 4.78 is 17.1. The third-order valence-corrected chi connectivity index (χ3v) is 6.93. The van der Waals surface area contributed by atoms with Gasteiger partial charge in [-0.1, -0.05) is 51.4 Å². The second kappa shape index (κ2) is 14.0. The van der Waals surface area contributed by atoms with Crippen LogP contribution < -0.4 is 10.5 Å². The Morgan fingerprint density at radius 2 is 1.33 bits per heavy atom. The van der Waals surface area contributed by atoms with Gasteiger partial charge < -0.3 is 5.73 Å². The molecule has 2 aromatic rings.